The second kappa shape index (κ2) is 21.1. The lowest BCUT2D eigenvalue weighted by Gasteiger charge is -2.25. The molecule has 2 aliphatic rings. The fourth-order valence-electron chi connectivity index (χ4n) is 12.2. The standard InChI is InChI=1S/C63H47F12NO6/c64-60(65,66)40-22-38(23-41(28-40)61(67,68)69)47-30-49-55-50(31-48(57-56(55)54(47)46-13-7-8-14-52(46)82-57)39-24-42(62(70,71)72)29-43(25-39)63(73,74)75)59(80)76(58(49)79)44-17-15-35(16-18-44)21-53(78)81-45-26-36(19-33-9-3-1-4-10-33)51(32-77)37(27-45)20-34-11-5-2-6-12-34/h7-8,13-18,22-34H,1-6,9-12,19-21H2. The van der Waals surface area contributed by atoms with Crippen LogP contribution in [0.4, 0.5) is 52.7 Å². The van der Waals surface area contributed by atoms with Crippen molar-refractivity contribution in [3.63, 3.8) is 0 Å². The molecular weight excluding hydrogens is 1090 g/mol. The maximum Gasteiger partial charge on any atom is 0.416 e. The molecule has 0 N–H and O–H groups in total. The molecule has 0 aliphatic heterocycles. The van der Waals surface area contributed by atoms with Crippen LogP contribution in [0.15, 0.2) is 123 Å². The van der Waals surface area contributed by atoms with Crippen LogP contribution in [0.5, 0.6) is 5.75 Å². The third-order valence-electron chi connectivity index (χ3n) is 16.1. The number of pyridine rings is 1. The van der Waals surface area contributed by atoms with Crippen LogP contribution in [-0.4, -0.2) is 16.8 Å². The van der Waals surface area contributed by atoms with Crippen molar-refractivity contribution in [1.82, 2.24) is 4.57 Å². The van der Waals surface area contributed by atoms with E-state index in [2.05, 4.69) is 0 Å². The quantitative estimate of drug-likeness (QED) is 0.0320. The van der Waals surface area contributed by atoms with Gasteiger partial charge in [-0.05, 0) is 137 Å². The first-order chi connectivity index (χ1) is 38.8. The Labute approximate surface area is 458 Å². The summed E-state index contributed by atoms with van der Waals surface area (Å²) in [6.07, 6.45) is -9.01. The molecule has 19 heteroatoms. The molecule has 0 atom stereocenters. The number of ether oxygens (including phenoxy) is 1. The minimum Gasteiger partial charge on any atom is -0.455 e. The lowest BCUT2D eigenvalue weighted by atomic mass is 9.80. The SMILES string of the molecule is O=Cc1c(CC2CCCCC2)cc(OC(=O)Cc2ccc(-n3c(=O)c4cc(-c5cc(C(F)(F)F)cc(C(F)(F)F)c5)c5oc6ccccc6c6c(-c7cc(C(F)(F)F)cc(C(F)(F)F)c7)cc(c3=O)c4c56)cc2)cc1CC1CCCCC1. The number of para-hydroxylation sites is 1. The Kier molecular flexibility index (Phi) is 14.4. The van der Waals surface area contributed by atoms with Gasteiger partial charge in [0.25, 0.3) is 11.1 Å². The number of carbonyl (C=O) groups is 2. The average molecular weight is 1140 g/mol. The van der Waals surface area contributed by atoms with E-state index in [4.69, 9.17) is 9.15 Å². The molecule has 424 valence electrons. The van der Waals surface area contributed by atoms with Crippen molar-refractivity contribution in [2.45, 2.75) is 108 Å². The van der Waals surface area contributed by atoms with E-state index in [0.717, 1.165) is 93.8 Å². The number of aldehydes is 1. The predicted octanol–water partition coefficient (Wildman–Crippen LogP) is 17.5. The Bertz CT molecular complexity index is 3960. The lowest BCUT2D eigenvalue weighted by molar-refractivity contribution is -0.144. The minimum atomic E-state index is -5.38. The van der Waals surface area contributed by atoms with Crippen LogP contribution in [0.3, 0.4) is 0 Å². The average Bonchev–Trinajstić information content (AvgIpc) is 0.932. The van der Waals surface area contributed by atoms with Crippen molar-refractivity contribution in [2.24, 2.45) is 11.8 Å². The molecule has 82 heavy (non-hydrogen) atoms. The second-order valence-corrected chi connectivity index (χ2v) is 21.5. The maximum atomic E-state index is 15.1. The highest BCUT2D eigenvalue weighted by atomic mass is 19.4. The minimum absolute atomic E-state index is 0.0279. The molecule has 11 rings (SSSR count). The molecule has 2 aliphatic carbocycles. The Morgan fingerprint density at radius 1 is 0.537 bits per heavy atom. The zero-order valence-electron chi connectivity index (χ0n) is 43.2. The van der Waals surface area contributed by atoms with Gasteiger partial charge in [-0.15, -0.1) is 0 Å². The number of esters is 1. The summed E-state index contributed by atoms with van der Waals surface area (Å²) in [5.41, 5.74) is -10.4. The summed E-state index contributed by atoms with van der Waals surface area (Å²) >= 11 is 0. The molecule has 0 saturated heterocycles. The van der Waals surface area contributed by atoms with Gasteiger partial charge in [0, 0.05) is 43.4 Å². The maximum absolute atomic E-state index is 15.1. The number of hydrogen-bond acceptors (Lipinski definition) is 6. The van der Waals surface area contributed by atoms with Gasteiger partial charge in [-0.2, -0.15) is 52.7 Å². The van der Waals surface area contributed by atoms with Gasteiger partial charge in [0.2, 0.25) is 0 Å². The van der Waals surface area contributed by atoms with E-state index in [9.17, 15) is 62.3 Å². The van der Waals surface area contributed by atoms with E-state index in [1.807, 2.05) is 0 Å². The van der Waals surface area contributed by atoms with Gasteiger partial charge in [0.05, 0.1) is 34.4 Å². The summed E-state index contributed by atoms with van der Waals surface area (Å²) < 4.78 is 187. The predicted molar refractivity (Wildman–Crippen MR) is 284 cm³/mol. The number of alkyl halides is 12. The number of carbonyl (C=O) groups excluding carboxylic acids is 2. The first-order valence-corrected chi connectivity index (χ1v) is 26.7. The summed E-state index contributed by atoms with van der Waals surface area (Å²) in [5.74, 6) is 0.284. The largest absolute Gasteiger partial charge is 0.455 e. The van der Waals surface area contributed by atoms with Crippen molar-refractivity contribution in [3.8, 4) is 33.7 Å². The van der Waals surface area contributed by atoms with Crippen LogP contribution < -0.4 is 15.9 Å². The number of benzene rings is 7. The van der Waals surface area contributed by atoms with Gasteiger partial charge >= 0.3 is 30.7 Å². The lowest BCUT2D eigenvalue weighted by Crippen LogP contribution is -2.32. The van der Waals surface area contributed by atoms with Gasteiger partial charge in [-0.25, -0.2) is 4.57 Å². The topological polar surface area (TPSA) is 95.6 Å². The van der Waals surface area contributed by atoms with E-state index in [-0.39, 0.29) is 57.1 Å². The van der Waals surface area contributed by atoms with E-state index in [1.165, 1.54) is 48.5 Å². The van der Waals surface area contributed by atoms with Crippen molar-refractivity contribution in [1.29, 1.82) is 0 Å². The molecule has 2 fully saturated rings. The third-order valence-corrected chi connectivity index (χ3v) is 16.1. The van der Waals surface area contributed by atoms with Crippen molar-refractivity contribution >= 4 is 55.7 Å². The van der Waals surface area contributed by atoms with Crippen molar-refractivity contribution < 1.29 is 71.4 Å². The Balaban J connectivity index is 1.07. The highest BCUT2D eigenvalue weighted by Gasteiger charge is 2.40. The first-order valence-electron chi connectivity index (χ1n) is 26.7. The highest BCUT2D eigenvalue weighted by molar-refractivity contribution is 6.32. The van der Waals surface area contributed by atoms with Gasteiger partial charge in [-0.3, -0.25) is 19.2 Å². The normalized spacial score (nSPS) is 15.3. The fraction of sp³-hybridized carbons (Fsp3) is 0.302. The molecule has 9 aromatic rings. The number of rotatable bonds is 11. The molecule has 0 unspecified atom stereocenters. The highest BCUT2D eigenvalue weighted by Crippen LogP contribution is 2.49. The van der Waals surface area contributed by atoms with E-state index < -0.39 is 103 Å². The number of halogens is 12. The Morgan fingerprint density at radius 3 is 1.48 bits per heavy atom. The number of hydrogen-bond donors (Lipinski definition) is 0. The molecule has 2 saturated carbocycles. The summed E-state index contributed by atoms with van der Waals surface area (Å²) in [4.78, 5) is 56.6. The van der Waals surface area contributed by atoms with Gasteiger partial charge in [0.15, 0.2) is 6.29 Å². The summed E-state index contributed by atoms with van der Waals surface area (Å²) in [6, 6.07) is 17.4. The van der Waals surface area contributed by atoms with Crippen LogP contribution in [0.1, 0.15) is 114 Å². The first kappa shape index (κ1) is 55.9. The van der Waals surface area contributed by atoms with Crippen molar-refractivity contribution in [2.75, 3.05) is 0 Å². The summed E-state index contributed by atoms with van der Waals surface area (Å²) in [5, 5.41) is -1.99. The van der Waals surface area contributed by atoms with Crippen LogP contribution in [0.2, 0.25) is 0 Å². The molecule has 2 heterocycles. The van der Waals surface area contributed by atoms with Crippen molar-refractivity contribution in [3.05, 3.63) is 174 Å². The number of nitrogens with zero attached hydrogens (tertiary/aromatic N) is 1. The molecule has 7 nitrogen and oxygen atoms in total. The fourth-order valence-corrected chi connectivity index (χ4v) is 12.2. The Morgan fingerprint density at radius 2 is 1.00 bits per heavy atom. The zero-order valence-corrected chi connectivity index (χ0v) is 43.2. The third kappa shape index (κ3) is 10.9. The molecule has 0 bridgehead atoms. The molecular formula is C63H47F12NO6. The van der Waals surface area contributed by atoms with Crippen LogP contribution in [0, 0.1) is 11.8 Å². The summed E-state index contributed by atoms with van der Waals surface area (Å²) in [6.45, 7) is 0. The molecule has 0 amide bonds. The summed E-state index contributed by atoms with van der Waals surface area (Å²) in [7, 11) is 0. The van der Waals surface area contributed by atoms with Gasteiger partial charge in [-0.1, -0.05) is 94.5 Å². The monoisotopic (exact) mass is 1140 g/mol. The van der Waals surface area contributed by atoms with E-state index >= 15 is 9.59 Å². The van der Waals surface area contributed by atoms with E-state index in [0.29, 0.717) is 64.6 Å². The zero-order chi connectivity index (χ0) is 58.2. The van der Waals surface area contributed by atoms with Crippen LogP contribution in [0.25, 0.3) is 71.4 Å². The number of aromatic nitrogens is 1. The molecule has 7 aromatic carbocycles. The smallest absolute Gasteiger partial charge is 0.416 e. The van der Waals surface area contributed by atoms with Crippen LogP contribution >= 0.6 is 0 Å². The Hall–Kier alpha value is -7.96. The number of fused-ring (bicyclic) bond motifs is 2. The van der Waals surface area contributed by atoms with Gasteiger partial charge < -0.3 is 9.15 Å². The van der Waals surface area contributed by atoms with Crippen LogP contribution in [-0.2, 0) is 48.8 Å². The van der Waals surface area contributed by atoms with Gasteiger partial charge in [0.1, 0.15) is 16.9 Å². The second-order valence-electron chi connectivity index (χ2n) is 21.5. The molecule has 0 radical (unpaired) electrons. The molecule has 0 spiro atoms. The van der Waals surface area contributed by atoms with E-state index in [1.54, 1.807) is 12.1 Å². The molecule has 2 aromatic heterocycles.